The molecule has 1 heterocycles. The van der Waals surface area contributed by atoms with Gasteiger partial charge in [0.2, 0.25) is 5.91 Å². The molecule has 0 radical (unpaired) electrons. The molecule has 0 fully saturated rings. The minimum atomic E-state index is -0.620. The first kappa shape index (κ1) is 22.3. The molecule has 1 amide bonds. The van der Waals surface area contributed by atoms with E-state index in [1.54, 1.807) is 48.3 Å². The molecule has 2 aromatic rings. The molecule has 2 aromatic carbocycles. The number of hydrogen-bond donors (Lipinski definition) is 0. The third-order valence-electron chi connectivity index (χ3n) is 5.05. The Labute approximate surface area is 181 Å². The molecule has 0 bridgehead atoms. The summed E-state index contributed by atoms with van der Waals surface area (Å²) in [4.78, 5) is 38.3. The molecule has 0 aromatic heterocycles. The van der Waals surface area contributed by atoms with Crippen LogP contribution < -0.4 is 14.4 Å². The van der Waals surface area contributed by atoms with Crippen molar-refractivity contribution in [1.82, 2.24) is 0 Å². The lowest BCUT2D eigenvalue weighted by atomic mass is 10.1. The number of benzene rings is 2. The van der Waals surface area contributed by atoms with E-state index in [0.717, 1.165) is 24.1 Å². The van der Waals surface area contributed by atoms with Gasteiger partial charge in [-0.05, 0) is 55.3 Å². The highest BCUT2D eigenvalue weighted by Gasteiger charge is 2.25. The van der Waals surface area contributed by atoms with E-state index >= 15 is 0 Å². The maximum atomic E-state index is 12.5. The van der Waals surface area contributed by atoms with Gasteiger partial charge >= 0.3 is 5.97 Å². The number of rotatable bonds is 10. The fourth-order valence-electron chi connectivity index (χ4n) is 3.29. The van der Waals surface area contributed by atoms with Crippen molar-refractivity contribution in [3.05, 3.63) is 53.1 Å². The van der Waals surface area contributed by atoms with Crippen molar-refractivity contribution >= 4 is 23.3 Å². The zero-order valence-electron chi connectivity index (χ0n) is 18.1. The monoisotopic (exact) mass is 425 g/mol. The van der Waals surface area contributed by atoms with Gasteiger partial charge in [-0.15, -0.1) is 0 Å². The molecular weight excluding hydrogens is 398 g/mol. The van der Waals surface area contributed by atoms with Crippen molar-refractivity contribution in [2.75, 3.05) is 31.8 Å². The first-order chi connectivity index (χ1) is 14.9. The van der Waals surface area contributed by atoms with Gasteiger partial charge in [-0.2, -0.15) is 0 Å². The number of ketones is 1. The molecule has 0 N–H and O–H groups in total. The van der Waals surface area contributed by atoms with Gasteiger partial charge in [-0.1, -0.05) is 13.3 Å². The van der Waals surface area contributed by atoms with E-state index < -0.39 is 5.97 Å². The Morgan fingerprint density at radius 1 is 1.00 bits per heavy atom. The number of amides is 1. The lowest BCUT2D eigenvalue weighted by molar-refractivity contribution is -0.117. The second-order valence-corrected chi connectivity index (χ2v) is 7.27. The molecule has 0 spiro atoms. The topological polar surface area (TPSA) is 82.1 Å². The lowest BCUT2D eigenvalue weighted by Gasteiger charge is -2.13. The van der Waals surface area contributed by atoms with Crippen LogP contribution in [0.2, 0.25) is 0 Å². The Balaban J connectivity index is 1.64. The van der Waals surface area contributed by atoms with Crippen LogP contribution in [0.4, 0.5) is 5.69 Å². The molecule has 0 aliphatic carbocycles. The average Bonchev–Trinajstić information content (AvgIpc) is 3.06. The third kappa shape index (κ3) is 5.23. The number of nitrogens with zero attached hydrogens (tertiary/aromatic N) is 1. The summed E-state index contributed by atoms with van der Waals surface area (Å²) in [6.07, 6.45) is 2.20. The van der Waals surface area contributed by atoms with Crippen LogP contribution in [0, 0.1) is 0 Å². The van der Waals surface area contributed by atoms with Gasteiger partial charge < -0.3 is 19.1 Å². The Morgan fingerprint density at radius 3 is 2.52 bits per heavy atom. The molecule has 1 aliphatic heterocycles. The maximum absolute atomic E-state index is 12.5. The van der Waals surface area contributed by atoms with Crippen molar-refractivity contribution in [2.45, 2.75) is 33.1 Å². The van der Waals surface area contributed by atoms with Crippen LogP contribution in [0.3, 0.4) is 0 Å². The molecule has 0 saturated carbocycles. The lowest BCUT2D eigenvalue weighted by Crippen LogP contribution is -2.20. The molecule has 0 saturated heterocycles. The van der Waals surface area contributed by atoms with Crippen molar-refractivity contribution in [3.8, 4) is 11.5 Å². The molecule has 3 rings (SSSR count). The Morgan fingerprint density at radius 2 is 1.77 bits per heavy atom. The van der Waals surface area contributed by atoms with Crippen molar-refractivity contribution in [1.29, 1.82) is 0 Å². The number of ether oxygens (including phenoxy) is 3. The van der Waals surface area contributed by atoms with E-state index in [1.807, 2.05) is 6.92 Å². The van der Waals surface area contributed by atoms with E-state index in [9.17, 15) is 14.4 Å². The zero-order valence-corrected chi connectivity index (χ0v) is 18.1. The molecule has 7 heteroatoms. The van der Waals surface area contributed by atoms with Gasteiger partial charge in [0.25, 0.3) is 0 Å². The number of Topliss-reactive ketones (excluding diaryl/α,β-unsaturated/α-hetero) is 1. The summed E-state index contributed by atoms with van der Waals surface area (Å²) in [5, 5.41) is 0. The Hall–Kier alpha value is -3.35. The summed E-state index contributed by atoms with van der Waals surface area (Å²) in [5.41, 5.74) is 2.28. The van der Waals surface area contributed by atoms with Crippen LogP contribution in [-0.4, -0.2) is 44.5 Å². The van der Waals surface area contributed by atoms with Gasteiger partial charge in [0.1, 0.15) is 0 Å². The van der Waals surface area contributed by atoms with Crippen LogP contribution in [0.25, 0.3) is 0 Å². The van der Waals surface area contributed by atoms with E-state index in [-0.39, 0.29) is 30.3 Å². The van der Waals surface area contributed by atoms with Gasteiger partial charge in [0.15, 0.2) is 23.9 Å². The number of likely N-dealkylation sites (N-methyl/N-ethyl adjacent to an activating group) is 1. The number of anilines is 1. The van der Waals surface area contributed by atoms with Gasteiger partial charge in [-0.3, -0.25) is 9.59 Å². The Bertz CT molecular complexity index is 984. The highest BCUT2D eigenvalue weighted by molar-refractivity contribution is 6.04. The summed E-state index contributed by atoms with van der Waals surface area (Å²) in [7, 11) is 1.70. The van der Waals surface area contributed by atoms with Crippen molar-refractivity contribution in [3.63, 3.8) is 0 Å². The van der Waals surface area contributed by atoms with E-state index in [2.05, 4.69) is 6.92 Å². The second kappa shape index (κ2) is 10.1. The van der Waals surface area contributed by atoms with Gasteiger partial charge in [-0.25, -0.2) is 4.79 Å². The molecule has 164 valence electrons. The molecule has 0 atom stereocenters. The highest BCUT2D eigenvalue weighted by Crippen LogP contribution is 2.30. The standard InChI is InChI=1S/C24H27NO6/c1-4-6-11-30-21-10-8-17(13-22(21)29-5-2)24(28)31-15-20(26)16-7-9-19-18(12-16)14-23(27)25(19)3/h7-10,12-13H,4-6,11,14-15H2,1-3H3. The minimum Gasteiger partial charge on any atom is -0.490 e. The van der Waals surface area contributed by atoms with Crippen molar-refractivity contribution in [2.24, 2.45) is 0 Å². The summed E-state index contributed by atoms with van der Waals surface area (Å²) >= 11 is 0. The van der Waals surface area contributed by atoms with Crippen LogP contribution >= 0.6 is 0 Å². The SMILES string of the molecule is CCCCOc1ccc(C(=O)OCC(=O)c2ccc3c(c2)CC(=O)N3C)cc1OCC. The number of carbonyl (C=O) groups excluding carboxylic acids is 3. The Kier molecular flexibility index (Phi) is 7.28. The predicted molar refractivity (Wildman–Crippen MR) is 116 cm³/mol. The maximum Gasteiger partial charge on any atom is 0.338 e. The predicted octanol–water partition coefficient (Wildman–Crippen LogP) is 3.82. The summed E-state index contributed by atoms with van der Waals surface area (Å²) < 4.78 is 16.5. The first-order valence-corrected chi connectivity index (χ1v) is 10.4. The highest BCUT2D eigenvalue weighted by atomic mass is 16.5. The summed E-state index contributed by atoms with van der Waals surface area (Å²) in [6, 6.07) is 9.89. The van der Waals surface area contributed by atoms with Crippen LogP contribution in [0.15, 0.2) is 36.4 Å². The van der Waals surface area contributed by atoms with Crippen molar-refractivity contribution < 1.29 is 28.6 Å². The number of hydrogen-bond acceptors (Lipinski definition) is 6. The minimum absolute atomic E-state index is 0.0155. The molecular formula is C24H27NO6. The average molecular weight is 425 g/mol. The fourth-order valence-corrected chi connectivity index (χ4v) is 3.29. The fraction of sp³-hybridized carbons (Fsp3) is 0.375. The smallest absolute Gasteiger partial charge is 0.338 e. The van der Waals surface area contributed by atoms with E-state index in [1.165, 1.54) is 0 Å². The molecule has 0 unspecified atom stereocenters. The molecule has 7 nitrogen and oxygen atoms in total. The number of unbranched alkanes of at least 4 members (excludes halogenated alkanes) is 1. The van der Waals surface area contributed by atoms with E-state index in [0.29, 0.717) is 30.3 Å². The van der Waals surface area contributed by atoms with Gasteiger partial charge in [0, 0.05) is 18.3 Å². The summed E-state index contributed by atoms with van der Waals surface area (Å²) in [6.45, 7) is 4.53. The molecule has 31 heavy (non-hydrogen) atoms. The normalized spacial score (nSPS) is 12.5. The van der Waals surface area contributed by atoms with E-state index in [4.69, 9.17) is 14.2 Å². The molecule has 1 aliphatic rings. The first-order valence-electron chi connectivity index (χ1n) is 10.4. The van der Waals surface area contributed by atoms with Gasteiger partial charge in [0.05, 0.1) is 25.2 Å². The second-order valence-electron chi connectivity index (χ2n) is 7.27. The number of esters is 1. The van der Waals surface area contributed by atoms with Crippen LogP contribution in [-0.2, 0) is 16.0 Å². The quantitative estimate of drug-likeness (QED) is 0.327. The number of fused-ring (bicyclic) bond motifs is 1. The van der Waals surface area contributed by atoms with Crippen LogP contribution in [0.5, 0.6) is 11.5 Å². The summed E-state index contributed by atoms with van der Waals surface area (Å²) in [5.74, 6) is 0.0683. The zero-order chi connectivity index (χ0) is 22.4. The third-order valence-corrected chi connectivity index (χ3v) is 5.05. The van der Waals surface area contributed by atoms with Crippen LogP contribution in [0.1, 0.15) is 53.0 Å². The number of carbonyl (C=O) groups is 3. The largest absolute Gasteiger partial charge is 0.490 e.